The molecule has 2 aliphatic rings. The van der Waals surface area contributed by atoms with Crippen molar-refractivity contribution in [1.82, 2.24) is 19.9 Å². The molecule has 2 aromatic rings. The van der Waals surface area contributed by atoms with E-state index in [0.29, 0.717) is 44.8 Å². The highest BCUT2D eigenvalue weighted by Gasteiger charge is 2.33. The average Bonchev–Trinajstić information content (AvgIpc) is 2.79. The third-order valence-electron chi connectivity index (χ3n) is 5.71. The summed E-state index contributed by atoms with van der Waals surface area (Å²) in [5.41, 5.74) is -0.753. The van der Waals surface area contributed by atoms with E-state index in [4.69, 9.17) is 0 Å². The third-order valence-corrected chi connectivity index (χ3v) is 5.71. The van der Waals surface area contributed by atoms with Crippen molar-refractivity contribution in [2.45, 2.75) is 19.0 Å². The number of halogens is 3. The van der Waals surface area contributed by atoms with Crippen molar-refractivity contribution < 1.29 is 18.0 Å². The minimum absolute atomic E-state index is 0.0567. The number of piperidine rings is 1. The first-order valence-corrected chi connectivity index (χ1v) is 10.00. The fourth-order valence-corrected chi connectivity index (χ4v) is 3.96. The number of carbonyl (C=O) groups is 1. The Kier molecular flexibility index (Phi) is 5.74. The minimum Gasteiger partial charge on any atom is -0.357 e. The summed E-state index contributed by atoms with van der Waals surface area (Å²) < 4.78 is 38.1. The third kappa shape index (κ3) is 4.47. The van der Waals surface area contributed by atoms with Gasteiger partial charge in [-0.2, -0.15) is 13.2 Å². The van der Waals surface area contributed by atoms with E-state index in [2.05, 4.69) is 19.9 Å². The molecule has 10 heteroatoms. The first-order valence-electron chi connectivity index (χ1n) is 10.00. The normalized spacial score (nSPS) is 18.6. The van der Waals surface area contributed by atoms with Crippen molar-refractivity contribution in [3.8, 4) is 0 Å². The Morgan fingerprint density at radius 1 is 0.867 bits per heavy atom. The number of amides is 1. The van der Waals surface area contributed by atoms with E-state index in [1.807, 2.05) is 9.80 Å². The lowest BCUT2D eigenvalue weighted by Gasteiger charge is -2.39. The van der Waals surface area contributed by atoms with Gasteiger partial charge in [0, 0.05) is 63.8 Å². The molecule has 2 saturated heterocycles. The Morgan fingerprint density at radius 2 is 1.57 bits per heavy atom. The predicted molar refractivity (Wildman–Crippen MR) is 105 cm³/mol. The fourth-order valence-electron chi connectivity index (χ4n) is 3.96. The maximum atomic E-state index is 12.9. The van der Waals surface area contributed by atoms with Crippen molar-refractivity contribution in [2.75, 3.05) is 49.1 Å². The molecule has 2 aliphatic heterocycles. The van der Waals surface area contributed by atoms with Crippen LogP contribution in [0, 0.1) is 5.92 Å². The number of alkyl halides is 3. The molecule has 30 heavy (non-hydrogen) atoms. The van der Waals surface area contributed by atoms with Gasteiger partial charge in [0.2, 0.25) is 5.91 Å². The lowest BCUT2D eigenvalue weighted by molar-refractivity contribution is -0.138. The number of carbonyl (C=O) groups excluding carboxylic acids is 1. The molecule has 0 atom stereocenters. The lowest BCUT2D eigenvalue weighted by atomic mass is 9.95. The molecule has 7 nitrogen and oxygen atoms in total. The smallest absolute Gasteiger partial charge is 0.357 e. The van der Waals surface area contributed by atoms with Crippen LogP contribution >= 0.6 is 0 Å². The summed E-state index contributed by atoms with van der Waals surface area (Å²) >= 11 is 0. The molecule has 0 bridgehead atoms. The van der Waals surface area contributed by atoms with Crippen LogP contribution in [0.15, 0.2) is 36.9 Å². The predicted octanol–water partition coefficient (Wildman–Crippen LogP) is 2.46. The molecule has 4 heterocycles. The van der Waals surface area contributed by atoms with E-state index in [1.165, 1.54) is 6.07 Å². The number of rotatable bonds is 3. The van der Waals surface area contributed by atoms with Gasteiger partial charge in [-0.15, -0.1) is 0 Å². The van der Waals surface area contributed by atoms with Gasteiger partial charge in [-0.1, -0.05) is 0 Å². The SMILES string of the molecule is O=C(C1CCN(c2ccc(C(F)(F)F)cn2)CC1)N1CCN(c2cnccn2)CC1. The molecule has 4 rings (SSSR count). The average molecular weight is 420 g/mol. The lowest BCUT2D eigenvalue weighted by Crippen LogP contribution is -2.52. The quantitative estimate of drug-likeness (QED) is 0.760. The van der Waals surface area contributed by atoms with Crippen LogP contribution in [0.5, 0.6) is 0 Å². The monoisotopic (exact) mass is 420 g/mol. The number of nitrogens with zero attached hydrogens (tertiary/aromatic N) is 6. The largest absolute Gasteiger partial charge is 0.417 e. The second-order valence-corrected chi connectivity index (χ2v) is 7.54. The van der Waals surface area contributed by atoms with Gasteiger partial charge in [-0.05, 0) is 25.0 Å². The summed E-state index contributed by atoms with van der Waals surface area (Å²) in [6, 6.07) is 2.45. The molecule has 0 unspecified atom stereocenters. The van der Waals surface area contributed by atoms with Crippen LogP contribution in [0.4, 0.5) is 24.8 Å². The molecule has 0 radical (unpaired) electrons. The Balaban J connectivity index is 1.28. The summed E-state index contributed by atoms with van der Waals surface area (Å²) in [5, 5.41) is 0. The van der Waals surface area contributed by atoms with E-state index in [9.17, 15) is 18.0 Å². The minimum atomic E-state index is -4.39. The standard InChI is InChI=1S/C20H23F3N6O/c21-20(22,23)16-1-2-17(26-13-16)27-7-3-15(4-8-27)19(30)29-11-9-28(10-12-29)18-14-24-5-6-25-18/h1-2,5-6,13-15H,3-4,7-12H2. The second kappa shape index (κ2) is 8.45. The molecule has 0 N–H and O–H groups in total. The van der Waals surface area contributed by atoms with Crippen LogP contribution in [0.2, 0.25) is 0 Å². The zero-order chi connectivity index (χ0) is 21.1. The zero-order valence-corrected chi connectivity index (χ0v) is 16.4. The first-order chi connectivity index (χ1) is 14.4. The fraction of sp³-hybridized carbons (Fsp3) is 0.500. The molecule has 160 valence electrons. The van der Waals surface area contributed by atoms with Gasteiger partial charge >= 0.3 is 6.18 Å². The Morgan fingerprint density at radius 3 is 2.13 bits per heavy atom. The maximum absolute atomic E-state index is 12.9. The Bertz CT molecular complexity index is 845. The Hall–Kier alpha value is -2.91. The van der Waals surface area contributed by atoms with Gasteiger partial charge in [0.05, 0.1) is 11.8 Å². The molecule has 2 aromatic heterocycles. The van der Waals surface area contributed by atoms with Gasteiger partial charge in [0.1, 0.15) is 11.6 Å². The molecule has 1 amide bonds. The van der Waals surface area contributed by atoms with E-state index < -0.39 is 11.7 Å². The van der Waals surface area contributed by atoms with Gasteiger partial charge < -0.3 is 14.7 Å². The maximum Gasteiger partial charge on any atom is 0.417 e. The van der Waals surface area contributed by atoms with Crippen LogP contribution in [0.25, 0.3) is 0 Å². The van der Waals surface area contributed by atoms with Gasteiger partial charge in [0.25, 0.3) is 0 Å². The molecule has 0 aliphatic carbocycles. The first kappa shape index (κ1) is 20.4. The molecule has 2 fully saturated rings. The number of anilines is 2. The zero-order valence-electron chi connectivity index (χ0n) is 16.4. The van der Waals surface area contributed by atoms with Crippen molar-refractivity contribution >= 4 is 17.5 Å². The summed E-state index contributed by atoms with van der Waals surface area (Å²) in [6.45, 7) is 3.95. The summed E-state index contributed by atoms with van der Waals surface area (Å²) in [7, 11) is 0. The molecular formula is C20H23F3N6O. The van der Waals surface area contributed by atoms with Crippen molar-refractivity contribution in [1.29, 1.82) is 0 Å². The van der Waals surface area contributed by atoms with E-state index in [-0.39, 0.29) is 11.8 Å². The second-order valence-electron chi connectivity index (χ2n) is 7.54. The Labute approximate surface area is 172 Å². The van der Waals surface area contributed by atoms with Crippen molar-refractivity contribution in [3.05, 3.63) is 42.5 Å². The number of piperazine rings is 1. The number of aromatic nitrogens is 3. The van der Waals surface area contributed by atoms with Gasteiger partial charge in [0.15, 0.2) is 0 Å². The molecule has 0 saturated carbocycles. The van der Waals surface area contributed by atoms with E-state index in [0.717, 1.165) is 31.2 Å². The summed E-state index contributed by atoms with van der Waals surface area (Å²) in [6.07, 6.45) is 2.84. The molecular weight excluding hydrogens is 397 g/mol. The van der Waals surface area contributed by atoms with Crippen LogP contribution < -0.4 is 9.80 Å². The molecule has 0 spiro atoms. The number of pyridine rings is 1. The highest BCUT2D eigenvalue weighted by molar-refractivity contribution is 5.79. The van der Waals surface area contributed by atoms with Gasteiger partial charge in [-0.3, -0.25) is 9.78 Å². The highest BCUT2D eigenvalue weighted by Crippen LogP contribution is 2.30. The summed E-state index contributed by atoms with van der Waals surface area (Å²) in [4.78, 5) is 31.2. The van der Waals surface area contributed by atoms with E-state index in [1.54, 1.807) is 18.6 Å². The van der Waals surface area contributed by atoms with Crippen LogP contribution in [0.3, 0.4) is 0 Å². The highest BCUT2D eigenvalue weighted by atomic mass is 19.4. The molecule has 0 aromatic carbocycles. The van der Waals surface area contributed by atoms with E-state index >= 15 is 0 Å². The summed E-state index contributed by atoms with van der Waals surface area (Å²) in [5.74, 6) is 1.45. The van der Waals surface area contributed by atoms with Crippen molar-refractivity contribution in [3.63, 3.8) is 0 Å². The number of hydrogen-bond acceptors (Lipinski definition) is 6. The number of hydrogen-bond donors (Lipinski definition) is 0. The topological polar surface area (TPSA) is 65.5 Å². The van der Waals surface area contributed by atoms with Crippen LogP contribution in [-0.4, -0.2) is 65.0 Å². The van der Waals surface area contributed by atoms with Gasteiger partial charge in [-0.25, -0.2) is 9.97 Å². The van der Waals surface area contributed by atoms with Crippen LogP contribution in [0.1, 0.15) is 18.4 Å². The van der Waals surface area contributed by atoms with Crippen molar-refractivity contribution in [2.24, 2.45) is 5.92 Å². The van der Waals surface area contributed by atoms with Crippen LogP contribution in [-0.2, 0) is 11.0 Å².